The number of benzene rings is 2. The molecule has 0 amide bonds. The number of unbranched alkanes of at least 4 members (excludes halogenated alkanes) is 3. The van der Waals surface area contributed by atoms with Crippen molar-refractivity contribution in [3.05, 3.63) is 85.4 Å². The maximum Gasteiger partial charge on any atom is 0.453 e. The average molecular weight is 545 g/mol. The van der Waals surface area contributed by atoms with Crippen LogP contribution in [0.1, 0.15) is 64.7 Å². The zero-order chi connectivity index (χ0) is 27.4. The molecule has 2 aromatic heterocycles. The fourth-order valence-electron chi connectivity index (χ4n) is 4.22. The van der Waals surface area contributed by atoms with Gasteiger partial charge in [0.1, 0.15) is 22.0 Å². The van der Waals surface area contributed by atoms with Crippen molar-refractivity contribution in [3.8, 4) is 17.2 Å². The topological polar surface area (TPSA) is 65.7 Å². The highest BCUT2D eigenvalue weighted by Gasteiger charge is 2.40. The van der Waals surface area contributed by atoms with Gasteiger partial charge >= 0.3 is 12.1 Å². The van der Waals surface area contributed by atoms with Crippen LogP contribution in [-0.4, -0.2) is 5.97 Å². The van der Waals surface area contributed by atoms with Gasteiger partial charge in [-0.2, -0.15) is 13.2 Å². The van der Waals surface area contributed by atoms with E-state index in [-0.39, 0.29) is 22.5 Å². The molecule has 0 spiro atoms. The highest BCUT2D eigenvalue weighted by Crippen LogP contribution is 2.40. The van der Waals surface area contributed by atoms with Crippen LogP contribution in [0.5, 0.6) is 17.2 Å². The van der Waals surface area contributed by atoms with Crippen LogP contribution >= 0.6 is 11.3 Å². The second-order valence-electron chi connectivity index (χ2n) is 9.15. The first-order valence-electron chi connectivity index (χ1n) is 12.3. The van der Waals surface area contributed by atoms with Gasteiger partial charge in [0.05, 0.1) is 5.39 Å². The summed E-state index contributed by atoms with van der Waals surface area (Å²) in [6.07, 6.45) is -0.856. The molecule has 0 bridgehead atoms. The molecule has 2 aromatic carbocycles. The van der Waals surface area contributed by atoms with Crippen molar-refractivity contribution in [2.75, 3.05) is 0 Å². The third kappa shape index (κ3) is 6.27. The molecule has 0 saturated carbocycles. The summed E-state index contributed by atoms with van der Waals surface area (Å²) in [5.41, 5.74) is 0.767. The monoisotopic (exact) mass is 544 g/mol. The second kappa shape index (κ2) is 11.4. The van der Waals surface area contributed by atoms with E-state index in [1.165, 1.54) is 23.5 Å². The molecular weight excluding hydrogens is 517 g/mol. The number of esters is 1. The van der Waals surface area contributed by atoms with E-state index in [1.807, 2.05) is 6.07 Å². The summed E-state index contributed by atoms with van der Waals surface area (Å²) in [4.78, 5) is 26.4. The number of rotatable bonds is 9. The van der Waals surface area contributed by atoms with Crippen LogP contribution in [-0.2, 0) is 12.6 Å². The van der Waals surface area contributed by atoms with E-state index < -0.39 is 29.1 Å². The molecule has 5 nitrogen and oxygen atoms in total. The number of fused-ring (bicyclic) bond motifs is 1. The zero-order valence-electron chi connectivity index (χ0n) is 21.2. The molecule has 0 atom stereocenters. The lowest BCUT2D eigenvalue weighted by Crippen LogP contribution is -2.16. The second-order valence-corrected chi connectivity index (χ2v) is 10.1. The Labute approximate surface area is 221 Å². The number of hydrogen-bond donors (Lipinski definition) is 0. The molecule has 0 N–H and O–H groups in total. The van der Waals surface area contributed by atoms with Gasteiger partial charge in [0.15, 0.2) is 0 Å². The predicted octanol–water partition coefficient (Wildman–Crippen LogP) is 8.62. The Kier molecular flexibility index (Phi) is 8.26. The van der Waals surface area contributed by atoms with Crippen LogP contribution in [0.25, 0.3) is 11.0 Å². The lowest BCUT2D eigenvalue weighted by atomic mass is 10.0. The summed E-state index contributed by atoms with van der Waals surface area (Å²) in [6.45, 7) is 5.62. The molecule has 0 aliphatic carbocycles. The van der Waals surface area contributed by atoms with E-state index in [0.717, 1.165) is 36.8 Å². The van der Waals surface area contributed by atoms with E-state index >= 15 is 0 Å². The molecule has 2 heterocycles. The van der Waals surface area contributed by atoms with Crippen molar-refractivity contribution in [1.82, 2.24) is 0 Å². The van der Waals surface area contributed by atoms with E-state index in [2.05, 4.69) is 6.92 Å². The Hall–Kier alpha value is -3.59. The molecule has 4 aromatic rings. The van der Waals surface area contributed by atoms with Crippen molar-refractivity contribution >= 4 is 28.3 Å². The normalized spacial score (nSPS) is 11.6. The van der Waals surface area contributed by atoms with Gasteiger partial charge in [0.2, 0.25) is 11.2 Å². The number of alkyl halides is 3. The van der Waals surface area contributed by atoms with Gasteiger partial charge in [-0.15, -0.1) is 11.3 Å². The molecule has 200 valence electrons. The predicted molar refractivity (Wildman–Crippen MR) is 141 cm³/mol. The standard InChI is InChI=1S/C29H27F3O5S/c1-4-5-6-7-9-19-15-21-23(16-22(19)37-28(34)24-10-8-11-38-24)36-27(29(30,31)32)26(25(21)33)35-20-13-17(2)12-18(3)14-20/h8,10-16H,4-7,9H2,1-3H3. The number of carbonyl (C=O) groups is 1. The van der Waals surface area contributed by atoms with Crippen LogP contribution < -0.4 is 14.9 Å². The molecular formula is C29H27F3O5S. The van der Waals surface area contributed by atoms with Gasteiger partial charge < -0.3 is 13.9 Å². The Morgan fingerprint density at radius 1 is 1.03 bits per heavy atom. The molecule has 0 radical (unpaired) electrons. The largest absolute Gasteiger partial charge is 0.453 e. The van der Waals surface area contributed by atoms with Crippen molar-refractivity contribution in [3.63, 3.8) is 0 Å². The minimum atomic E-state index is -5.01. The number of thiophene rings is 1. The fourth-order valence-corrected chi connectivity index (χ4v) is 4.81. The van der Waals surface area contributed by atoms with Gasteiger partial charge in [-0.3, -0.25) is 4.79 Å². The van der Waals surface area contributed by atoms with Crippen molar-refractivity contribution in [1.29, 1.82) is 0 Å². The first-order chi connectivity index (χ1) is 18.1. The highest BCUT2D eigenvalue weighted by atomic mass is 32.1. The summed E-state index contributed by atoms with van der Waals surface area (Å²) in [7, 11) is 0. The maximum absolute atomic E-state index is 14.0. The number of carbonyl (C=O) groups excluding carboxylic acids is 1. The summed E-state index contributed by atoms with van der Waals surface area (Å²) in [6, 6.07) is 10.8. The average Bonchev–Trinajstić information content (AvgIpc) is 3.38. The number of halogens is 3. The van der Waals surface area contributed by atoms with Gasteiger partial charge in [-0.05, 0) is 73.0 Å². The molecule has 38 heavy (non-hydrogen) atoms. The first-order valence-corrected chi connectivity index (χ1v) is 13.2. The highest BCUT2D eigenvalue weighted by molar-refractivity contribution is 7.12. The number of hydrogen-bond acceptors (Lipinski definition) is 6. The van der Waals surface area contributed by atoms with Crippen LogP contribution in [0.3, 0.4) is 0 Å². The van der Waals surface area contributed by atoms with E-state index in [9.17, 15) is 22.8 Å². The molecule has 9 heteroatoms. The van der Waals surface area contributed by atoms with Crippen LogP contribution in [0.2, 0.25) is 0 Å². The Balaban J connectivity index is 1.85. The zero-order valence-corrected chi connectivity index (χ0v) is 22.1. The third-order valence-corrected chi connectivity index (χ3v) is 6.78. The SMILES string of the molecule is CCCCCCc1cc2c(=O)c(Oc3cc(C)cc(C)c3)c(C(F)(F)F)oc2cc1OC(=O)c1cccs1. The summed E-state index contributed by atoms with van der Waals surface area (Å²) < 4.78 is 58.4. The van der Waals surface area contributed by atoms with E-state index in [4.69, 9.17) is 13.9 Å². The maximum atomic E-state index is 14.0. The minimum Gasteiger partial charge on any atom is -0.449 e. The third-order valence-electron chi connectivity index (χ3n) is 5.93. The lowest BCUT2D eigenvalue weighted by Gasteiger charge is -2.16. The molecule has 0 unspecified atom stereocenters. The van der Waals surface area contributed by atoms with Gasteiger partial charge in [0.25, 0.3) is 5.76 Å². The van der Waals surface area contributed by atoms with Gasteiger partial charge in [-0.1, -0.05) is 38.3 Å². The fraction of sp³-hybridized carbons (Fsp3) is 0.310. The molecule has 4 rings (SSSR count). The number of aryl methyl sites for hydroxylation is 3. The van der Waals surface area contributed by atoms with Crippen molar-refractivity contribution < 1.29 is 31.9 Å². The molecule has 0 aliphatic rings. The summed E-state index contributed by atoms with van der Waals surface area (Å²) in [5, 5.41) is 1.63. The van der Waals surface area contributed by atoms with Crippen molar-refractivity contribution in [2.45, 2.75) is 59.1 Å². The quantitative estimate of drug-likeness (QED) is 0.120. The first kappa shape index (κ1) is 27.4. The van der Waals surface area contributed by atoms with Crippen LogP contribution in [0.15, 0.2) is 57.1 Å². The molecule has 0 fully saturated rings. The summed E-state index contributed by atoms with van der Waals surface area (Å²) >= 11 is 1.18. The molecule has 0 aliphatic heterocycles. The van der Waals surface area contributed by atoms with Crippen LogP contribution in [0, 0.1) is 13.8 Å². The Morgan fingerprint density at radius 2 is 1.76 bits per heavy atom. The van der Waals surface area contributed by atoms with E-state index in [0.29, 0.717) is 16.9 Å². The lowest BCUT2D eigenvalue weighted by molar-refractivity contribution is -0.154. The van der Waals surface area contributed by atoms with Gasteiger partial charge in [0, 0.05) is 6.07 Å². The van der Waals surface area contributed by atoms with Crippen LogP contribution in [0.4, 0.5) is 13.2 Å². The smallest absolute Gasteiger partial charge is 0.449 e. The van der Waals surface area contributed by atoms with Crippen molar-refractivity contribution in [2.24, 2.45) is 0 Å². The number of ether oxygens (including phenoxy) is 2. The Bertz CT molecular complexity index is 1480. The minimum absolute atomic E-state index is 0.0617. The summed E-state index contributed by atoms with van der Waals surface area (Å²) in [5.74, 6) is -2.97. The van der Waals surface area contributed by atoms with E-state index in [1.54, 1.807) is 43.5 Å². The van der Waals surface area contributed by atoms with Gasteiger partial charge in [-0.25, -0.2) is 4.79 Å². The Morgan fingerprint density at radius 3 is 2.39 bits per heavy atom. The molecule has 0 saturated heterocycles.